The van der Waals surface area contributed by atoms with Crippen LogP contribution in [0.4, 0.5) is 0 Å². The van der Waals surface area contributed by atoms with Gasteiger partial charge in [0.1, 0.15) is 23.0 Å². The Kier molecular flexibility index (Phi) is 3.05. The standard InChI is InChI=1S/C19H24N4O/c1-19(2)10-15-9-13(3-6-16(15)24-19)11-22-7-8-23-17(12-22)20-21-18(23)14-4-5-14/h3,6,9,14H,4-5,7-8,10-12H2,1-2H3. The first kappa shape index (κ1) is 14.5. The summed E-state index contributed by atoms with van der Waals surface area (Å²) in [6.45, 7) is 8.28. The summed E-state index contributed by atoms with van der Waals surface area (Å²) < 4.78 is 8.34. The van der Waals surface area contributed by atoms with Crippen molar-refractivity contribution in [1.82, 2.24) is 19.7 Å². The SMILES string of the molecule is CC1(C)Cc2cc(CN3CCn4c(nnc4C4CC4)C3)ccc2O1. The first-order chi connectivity index (χ1) is 11.6. The van der Waals surface area contributed by atoms with E-state index in [1.54, 1.807) is 0 Å². The van der Waals surface area contributed by atoms with E-state index < -0.39 is 0 Å². The molecule has 126 valence electrons. The van der Waals surface area contributed by atoms with E-state index in [1.807, 2.05) is 0 Å². The van der Waals surface area contributed by atoms with E-state index in [4.69, 9.17) is 4.74 Å². The maximum Gasteiger partial charge on any atom is 0.147 e. The van der Waals surface area contributed by atoms with Crippen LogP contribution in [0, 0.1) is 0 Å². The van der Waals surface area contributed by atoms with Crippen LogP contribution in [0.15, 0.2) is 18.2 Å². The second kappa shape index (κ2) is 5.06. The molecule has 0 amide bonds. The predicted molar refractivity (Wildman–Crippen MR) is 91.0 cm³/mol. The summed E-state index contributed by atoms with van der Waals surface area (Å²) >= 11 is 0. The summed E-state index contributed by atoms with van der Waals surface area (Å²) in [5.74, 6) is 4.09. The molecule has 0 bridgehead atoms. The van der Waals surface area contributed by atoms with Gasteiger partial charge in [-0.3, -0.25) is 4.90 Å². The molecule has 2 aromatic rings. The molecular weight excluding hydrogens is 300 g/mol. The summed E-state index contributed by atoms with van der Waals surface area (Å²) in [6, 6.07) is 6.66. The molecule has 0 unspecified atom stereocenters. The van der Waals surface area contributed by atoms with E-state index in [-0.39, 0.29) is 5.60 Å². The molecular formula is C19H24N4O. The van der Waals surface area contributed by atoms with Gasteiger partial charge in [-0.25, -0.2) is 0 Å². The Balaban J connectivity index is 1.31. The summed E-state index contributed by atoms with van der Waals surface area (Å²) in [7, 11) is 0. The Morgan fingerprint density at radius 1 is 1.21 bits per heavy atom. The lowest BCUT2D eigenvalue weighted by Crippen LogP contribution is -2.33. The van der Waals surface area contributed by atoms with Gasteiger partial charge in [-0.05, 0) is 43.9 Å². The Labute approximate surface area is 142 Å². The van der Waals surface area contributed by atoms with E-state index in [1.165, 1.54) is 29.8 Å². The zero-order chi connectivity index (χ0) is 16.3. The van der Waals surface area contributed by atoms with Crippen molar-refractivity contribution in [3.63, 3.8) is 0 Å². The summed E-state index contributed by atoms with van der Waals surface area (Å²) in [4.78, 5) is 2.48. The lowest BCUT2D eigenvalue weighted by atomic mass is 10.00. The summed E-state index contributed by atoms with van der Waals surface area (Å²) in [5.41, 5.74) is 2.64. The van der Waals surface area contributed by atoms with Crippen molar-refractivity contribution in [2.75, 3.05) is 6.54 Å². The van der Waals surface area contributed by atoms with E-state index >= 15 is 0 Å². The number of fused-ring (bicyclic) bond motifs is 2. The molecule has 1 aromatic carbocycles. The molecule has 24 heavy (non-hydrogen) atoms. The molecule has 1 aliphatic carbocycles. The first-order valence-corrected chi connectivity index (χ1v) is 9.03. The van der Waals surface area contributed by atoms with Gasteiger partial charge in [-0.1, -0.05) is 12.1 Å². The zero-order valence-corrected chi connectivity index (χ0v) is 14.5. The van der Waals surface area contributed by atoms with Crippen LogP contribution < -0.4 is 4.74 Å². The fourth-order valence-electron chi connectivity index (χ4n) is 4.03. The lowest BCUT2D eigenvalue weighted by molar-refractivity contribution is 0.138. The number of hydrogen-bond acceptors (Lipinski definition) is 4. The molecule has 1 fully saturated rings. The van der Waals surface area contributed by atoms with Gasteiger partial charge in [0.15, 0.2) is 0 Å². The maximum atomic E-state index is 5.98. The van der Waals surface area contributed by atoms with Crippen LogP contribution in [0.1, 0.15) is 55.4 Å². The van der Waals surface area contributed by atoms with Crippen LogP contribution in [0.5, 0.6) is 5.75 Å². The second-order valence-electron chi connectivity index (χ2n) is 8.09. The van der Waals surface area contributed by atoms with Crippen LogP contribution in [-0.4, -0.2) is 31.8 Å². The Hall–Kier alpha value is -1.88. The van der Waals surface area contributed by atoms with Crippen LogP contribution in [0.2, 0.25) is 0 Å². The Morgan fingerprint density at radius 3 is 2.92 bits per heavy atom. The monoisotopic (exact) mass is 324 g/mol. The van der Waals surface area contributed by atoms with Gasteiger partial charge in [0.25, 0.3) is 0 Å². The molecule has 1 saturated carbocycles. The van der Waals surface area contributed by atoms with Crippen molar-refractivity contribution in [3.8, 4) is 5.75 Å². The van der Waals surface area contributed by atoms with Gasteiger partial charge in [-0.2, -0.15) is 0 Å². The van der Waals surface area contributed by atoms with Crippen LogP contribution in [-0.2, 0) is 26.1 Å². The first-order valence-electron chi connectivity index (χ1n) is 9.03. The van der Waals surface area contributed by atoms with Gasteiger partial charge in [-0.15, -0.1) is 10.2 Å². The van der Waals surface area contributed by atoms with Crippen molar-refractivity contribution in [1.29, 1.82) is 0 Å². The minimum Gasteiger partial charge on any atom is -0.487 e. The van der Waals surface area contributed by atoms with Crippen LogP contribution >= 0.6 is 0 Å². The zero-order valence-electron chi connectivity index (χ0n) is 14.5. The van der Waals surface area contributed by atoms with Crippen molar-refractivity contribution in [3.05, 3.63) is 41.0 Å². The number of ether oxygens (including phenoxy) is 1. The molecule has 5 rings (SSSR count). The minimum atomic E-state index is -0.0677. The number of aromatic nitrogens is 3. The quantitative estimate of drug-likeness (QED) is 0.871. The molecule has 3 aliphatic rings. The topological polar surface area (TPSA) is 43.2 Å². The van der Waals surface area contributed by atoms with Crippen LogP contribution in [0.25, 0.3) is 0 Å². The third-order valence-corrected chi connectivity index (χ3v) is 5.34. The van der Waals surface area contributed by atoms with E-state index in [2.05, 4.69) is 51.7 Å². The smallest absolute Gasteiger partial charge is 0.147 e. The van der Waals surface area contributed by atoms with E-state index in [0.29, 0.717) is 5.92 Å². The fourth-order valence-corrected chi connectivity index (χ4v) is 4.03. The third kappa shape index (κ3) is 2.51. The van der Waals surface area contributed by atoms with Gasteiger partial charge in [0.05, 0.1) is 6.54 Å². The molecule has 0 spiro atoms. The Bertz CT molecular complexity index is 791. The maximum absolute atomic E-state index is 5.98. The highest BCUT2D eigenvalue weighted by Crippen LogP contribution is 2.40. The third-order valence-electron chi connectivity index (χ3n) is 5.34. The molecule has 5 heteroatoms. The highest BCUT2D eigenvalue weighted by Gasteiger charge is 2.32. The van der Waals surface area contributed by atoms with Gasteiger partial charge in [0.2, 0.25) is 0 Å². The molecule has 5 nitrogen and oxygen atoms in total. The van der Waals surface area contributed by atoms with Gasteiger partial charge in [0, 0.05) is 32.0 Å². The van der Waals surface area contributed by atoms with Crippen molar-refractivity contribution in [2.45, 2.75) is 64.3 Å². The normalized spacial score (nSPS) is 22.1. The van der Waals surface area contributed by atoms with Gasteiger partial charge < -0.3 is 9.30 Å². The minimum absolute atomic E-state index is 0.0677. The largest absolute Gasteiger partial charge is 0.487 e. The molecule has 0 radical (unpaired) electrons. The Morgan fingerprint density at radius 2 is 2.08 bits per heavy atom. The highest BCUT2D eigenvalue weighted by atomic mass is 16.5. The highest BCUT2D eigenvalue weighted by molar-refractivity contribution is 5.41. The number of benzene rings is 1. The summed E-state index contributed by atoms with van der Waals surface area (Å²) in [6.07, 6.45) is 3.57. The molecule has 0 N–H and O–H groups in total. The molecule has 0 saturated heterocycles. The van der Waals surface area contributed by atoms with Crippen LogP contribution in [0.3, 0.4) is 0 Å². The lowest BCUT2D eigenvalue weighted by Gasteiger charge is -2.27. The number of rotatable bonds is 3. The molecule has 3 heterocycles. The second-order valence-corrected chi connectivity index (χ2v) is 8.09. The van der Waals surface area contributed by atoms with Crippen molar-refractivity contribution < 1.29 is 4.74 Å². The number of hydrogen-bond donors (Lipinski definition) is 0. The average Bonchev–Trinajstić information content (AvgIpc) is 3.21. The fraction of sp³-hybridized carbons (Fsp3) is 0.579. The molecule has 1 aromatic heterocycles. The number of nitrogens with zero attached hydrogens (tertiary/aromatic N) is 4. The van der Waals surface area contributed by atoms with E-state index in [9.17, 15) is 0 Å². The van der Waals surface area contributed by atoms with Crippen molar-refractivity contribution in [2.24, 2.45) is 0 Å². The molecule has 0 atom stereocenters. The molecule has 2 aliphatic heterocycles. The van der Waals surface area contributed by atoms with Gasteiger partial charge >= 0.3 is 0 Å². The summed E-state index contributed by atoms with van der Waals surface area (Å²) in [5, 5.41) is 8.87. The van der Waals surface area contributed by atoms with E-state index in [0.717, 1.165) is 44.2 Å². The van der Waals surface area contributed by atoms with Crippen molar-refractivity contribution >= 4 is 0 Å². The average molecular weight is 324 g/mol. The predicted octanol–water partition coefficient (Wildman–Crippen LogP) is 2.88.